The van der Waals surface area contributed by atoms with Crippen molar-refractivity contribution in [2.75, 3.05) is 23.1 Å². The third-order valence-corrected chi connectivity index (χ3v) is 3.95. The fraction of sp³-hybridized carbons (Fsp3) is 0.600. The molecule has 0 aromatic heterocycles. The molecule has 19 heavy (non-hydrogen) atoms. The lowest BCUT2D eigenvalue weighted by Gasteiger charge is -2.25. The predicted molar refractivity (Wildman–Crippen MR) is 82.2 cm³/mol. The minimum absolute atomic E-state index is 0.255. The molecule has 0 spiro atoms. The number of rotatable bonds is 6. The van der Waals surface area contributed by atoms with Crippen LogP contribution >= 0.6 is 11.6 Å². The van der Waals surface area contributed by atoms with Crippen LogP contribution in [-0.2, 0) is 0 Å². The van der Waals surface area contributed by atoms with Crippen molar-refractivity contribution in [1.29, 1.82) is 0 Å². The third-order valence-electron chi connectivity index (χ3n) is 3.60. The molecule has 0 radical (unpaired) electrons. The van der Waals surface area contributed by atoms with Crippen LogP contribution in [0.2, 0.25) is 0 Å². The summed E-state index contributed by atoms with van der Waals surface area (Å²) in [5.74, 6) is 0.255. The van der Waals surface area contributed by atoms with Crippen LogP contribution in [0, 0.1) is 0 Å². The molecule has 4 heteroatoms. The zero-order chi connectivity index (χ0) is 13.5. The van der Waals surface area contributed by atoms with Gasteiger partial charge in [0.25, 0.3) is 0 Å². The molecule has 3 N–H and O–H groups in total. The lowest BCUT2D eigenvalue weighted by molar-refractivity contribution is 0.211. The van der Waals surface area contributed by atoms with E-state index in [1.807, 2.05) is 18.2 Å². The van der Waals surface area contributed by atoms with Gasteiger partial charge in [0.2, 0.25) is 0 Å². The number of hydrogen-bond acceptors (Lipinski definition) is 3. The van der Waals surface area contributed by atoms with E-state index in [1.54, 1.807) is 0 Å². The summed E-state index contributed by atoms with van der Waals surface area (Å²) in [6, 6.07) is 8.74. The van der Waals surface area contributed by atoms with Crippen LogP contribution in [0.15, 0.2) is 24.3 Å². The quantitative estimate of drug-likeness (QED) is 0.700. The highest BCUT2D eigenvalue weighted by molar-refractivity contribution is 6.18. The molecule has 2 rings (SSSR count). The first-order valence-corrected chi connectivity index (χ1v) is 7.66. The molecule has 1 aliphatic rings. The number of halogens is 1. The first-order chi connectivity index (χ1) is 9.29. The lowest BCUT2D eigenvalue weighted by Crippen LogP contribution is -2.24. The Hall–Kier alpha value is -0.930. The summed E-state index contributed by atoms with van der Waals surface area (Å²) in [7, 11) is 0. The zero-order valence-electron chi connectivity index (χ0n) is 11.2. The Kier molecular flexibility index (Phi) is 5.80. The van der Waals surface area contributed by atoms with E-state index in [4.69, 9.17) is 11.6 Å². The number of alkyl halides is 1. The first kappa shape index (κ1) is 14.5. The fourth-order valence-corrected chi connectivity index (χ4v) is 2.62. The van der Waals surface area contributed by atoms with E-state index in [1.165, 1.54) is 32.1 Å². The molecule has 106 valence electrons. The number of para-hydroxylation sites is 2. The number of aliphatic hydroxyl groups excluding tert-OH is 1. The molecule has 1 aliphatic carbocycles. The van der Waals surface area contributed by atoms with Crippen molar-refractivity contribution in [2.24, 2.45) is 0 Å². The average molecular weight is 283 g/mol. The van der Waals surface area contributed by atoms with Crippen molar-refractivity contribution in [1.82, 2.24) is 0 Å². The number of nitrogens with one attached hydrogen (secondary N) is 2. The summed E-state index contributed by atoms with van der Waals surface area (Å²) in [6.07, 6.45) is 5.98. The number of hydrogen-bond donors (Lipinski definition) is 3. The van der Waals surface area contributed by atoms with Crippen LogP contribution in [0.25, 0.3) is 0 Å². The van der Waals surface area contributed by atoms with Gasteiger partial charge in [0, 0.05) is 12.6 Å². The van der Waals surface area contributed by atoms with Gasteiger partial charge in [-0.1, -0.05) is 31.4 Å². The van der Waals surface area contributed by atoms with Crippen molar-refractivity contribution >= 4 is 23.0 Å². The lowest BCUT2D eigenvalue weighted by atomic mass is 9.95. The van der Waals surface area contributed by atoms with E-state index in [9.17, 15) is 5.11 Å². The van der Waals surface area contributed by atoms with Crippen LogP contribution < -0.4 is 10.6 Å². The molecule has 0 bridgehead atoms. The van der Waals surface area contributed by atoms with Gasteiger partial charge < -0.3 is 15.7 Å². The third kappa shape index (κ3) is 4.59. The van der Waals surface area contributed by atoms with E-state index < -0.39 is 6.10 Å². The van der Waals surface area contributed by atoms with E-state index in [0.29, 0.717) is 12.6 Å². The van der Waals surface area contributed by atoms with Gasteiger partial charge in [-0.25, -0.2) is 0 Å². The molecule has 1 fully saturated rings. The Morgan fingerprint density at radius 1 is 1.16 bits per heavy atom. The molecule has 1 saturated carbocycles. The highest BCUT2D eigenvalue weighted by Crippen LogP contribution is 2.26. The highest BCUT2D eigenvalue weighted by atomic mass is 35.5. The Balaban J connectivity index is 1.94. The highest BCUT2D eigenvalue weighted by Gasteiger charge is 2.14. The van der Waals surface area contributed by atoms with Crippen molar-refractivity contribution in [3.63, 3.8) is 0 Å². The van der Waals surface area contributed by atoms with Crippen molar-refractivity contribution in [2.45, 2.75) is 44.2 Å². The van der Waals surface area contributed by atoms with Crippen LogP contribution in [0.4, 0.5) is 11.4 Å². The van der Waals surface area contributed by atoms with Crippen molar-refractivity contribution < 1.29 is 5.11 Å². The summed E-state index contributed by atoms with van der Waals surface area (Å²) in [5.41, 5.74) is 2.16. The molecule has 1 aromatic rings. The second-order valence-electron chi connectivity index (χ2n) is 5.21. The van der Waals surface area contributed by atoms with E-state index in [0.717, 1.165) is 11.4 Å². The SMILES string of the molecule is OC(CCl)CNc1ccccc1NC1CCCCC1. The Morgan fingerprint density at radius 2 is 1.84 bits per heavy atom. The Bertz CT molecular complexity index is 380. The van der Waals surface area contributed by atoms with Gasteiger partial charge in [-0.3, -0.25) is 0 Å². The molecule has 3 nitrogen and oxygen atoms in total. The molecule has 1 aromatic carbocycles. The number of aliphatic hydroxyl groups is 1. The molecule has 0 heterocycles. The topological polar surface area (TPSA) is 44.3 Å². The Labute approximate surface area is 120 Å². The summed E-state index contributed by atoms with van der Waals surface area (Å²) in [4.78, 5) is 0. The summed E-state index contributed by atoms with van der Waals surface area (Å²) in [6.45, 7) is 0.479. The monoisotopic (exact) mass is 282 g/mol. The maximum Gasteiger partial charge on any atom is 0.0847 e. The zero-order valence-corrected chi connectivity index (χ0v) is 12.0. The Morgan fingerprint density at radius 3 is 2.53 bits per heavy atom. The smallest absolute Gasteiger partial charge is 0.0847 e. The number of benzene rings is 1. The molecular formula is C15H23ClN2O. The maximum atomic E-state index is 9.52. The van der Waals surface area contributed by atoms with Crippen molar-refractivity contribution in [3.8, 4) is 0 Å². The average Bonchev–Trinajstić information content (AvgIpc) is 2.47. The normalized spacial score (nSPS) is 18.0. The second-order valence-corrected chi connectivity index (χ2v) is 5.52. The molecule has 0 saturated heterocycles. The van der Waals surface area contributed by atoms with Gasteiger partial charge in [-0.05, 0) is 25.0 Å². The molecule has 0 amide bonds. The standard InChI is InChI=1S/C15H23ClN2O/c16-10-13(19)11-17-14-8-4-5-9-15(14)18-12-6-2-1-3-7-12/h4-5,8-9,12-13,17-19H,1-3,6-7,10-11H2. The van der Waals surface area contributed by atoms with E-state index in [2.05, 4.69) is 16.7 Å². The van der Waals surface area contributed by atoms with E-state index in [-0.39, 0.29) is 5.88 Å². The summed E-state index contributed by atoms with van der Waals surface area (Å²) < 4.78 is 0. The van der Waals surface area contributed by atoms with Crippen LogP contribution in [0.5, 0.6) is 0 Å². The van der Waals surface area contributed by atoms with Gasteiger partial charge >= 0.3 is 0 Å². The maximum absolute atomic E-state index is 9.52. The van der Waals surface area contributed by atoms with Gasteiger partial charge in [-0.2, -0.15) is 0 Å². The van der Waals surface area contributed by atoms with Crippen LogP contribution in [0.3, 0.4) is 0 Å². The van der Waals surface area contributed by atoms with Gasteiger partial charge in [0.15, 0.2) is 0 Å². The fourth-order valence-electron chi connectivity index (χ4n) is 2.51. The summed E-state index contributed by atoms with van der Waals surface area (Å²) >= 11 is 5.61. The van der Waals surface area contributed by atoms with Crippen LogP contribution in [0.1, 0.15) is 32.1 Å². The minimum atomic E-state index is -0.510. The summed E-state index contributed by atoms with van der Waals surface area (Å²) in [5, 5.41) is 16.4. The van der Waals surface area contributed by atoms with Gasteiger partial charge in [0.05, 0.1) is 23.4 Å². The largest absolute Gasteiger partial charge is 0.390 e. The second kappa shape index (κ2) is 7.61. The first-order valence-electron chi connectivity index (χ1n) is 7.13. The van der Waals surface area contributed by atoms with Crippen LogP contribution in [-0.4, -0.2) is 29.7 Å². The van der Waals surface area contributed by atoms with Gasteiger partial charge in [0.1, 0.15) is 0 Å². The molecule has 0 aliphatic heterocycles. The predicted octanol–water partition coefficient (Wildman–Crippen LogP) is 3.44. The molecule has 1 unspecified atom stereocenters. The number of anilines is 2. The van der Waals surface area contributed by atoms with Gasteiger partial charge in [-0.15, -0.1) is 11.6 Å². The minimum Gasteiger partial charge on any atom is -0.390 e. The molecular weight excluding hydrogens is 260 g/mol. The molecule has 1 atom stereocenters. The van der Waals surface area contributed by atoms with Crippen molar-refractivity contribution in [3.05, 3.63) is 24.3 Å². The van der Waals surface area contributed by atoms with E-state index >= 15 is 0 Å².